The lowest BCUT2D eigenvalue weighted by atomic mass is 9.61. The van der Waals surface area contributed by atoms with E-state index in [2.05, 4.69) is 13.5 Å². The predicted molar refractivity (Wildman–Crippen MR) is 114 cm³/mol. The van der Waals surface area contributed by atoms with Crippen LogP contribution in [0.15, 0.2) is 18.7 Å². The molecule has 3 aliphatic carbocycles. The van der Waals surface area contributed by atoms with Crippen molar-refractivity contribution in [3.63, 3.8) is 0 Å². The second-order valence-electron chi connectivity index (χ2n) is 9.80. The first-order valence-corrected chi connectivity index (χ1v) is 11.8. The third-order valence-corrected chi connectivity index (χ3v) is 8.09. The van der Waals surface area contributed by atoms with Gasteiger partial charge in [0.05, 0.1) is 0 Å². The first-order valence-electron chi connectivity index (χ1n) is 11.8. The minimum Gasteiger partial charge on any atom is -0.483 e. The van der Waals surface area contributed by atoms with Crippen LogP contribution in [0.4, 0.5) is 8.78 Å². The van der Waals surface area contributed by atoms with Crippen molar-refractivity contribution < 1.29 is 13.5 Å². The van der Waals surface area contributed by atoms with E-state index in [9.17, 15) is 8.78 Å². The lowest BCUT2D eigenvalue weighted by Gasteiger charge is -2.45. The fourth-order valence-corrected chi connectivity index (χ4v) is 6.65. The van der Waals surface area contributed by atoms with Crippen LogP contribution in [0.1, 0.15) is 75.8 Å². The predicted octanol–water partition coefficient (Wildman–Crippen LogP) is 7.27. The van der Waals surface area contributed by atoms with Crippen molar-refractivity contribution in [3.05, 3.63) is 41.5 Å². The third kappa shape index (κ3) is 4.39. The summed E-state index contributed by atoms with van der Waals surface area (Å²) in [6, 6.07) is 1.53. The average Bonchev–Trinajstić information content (AvgIpc) is 2.73. The maximum absolute atomic E-state index is 14.8. The molecule has 0 aliphatic heterocycles. The summed E-state index contributed by atoms with van der Waals surface area (Å²) in [5.74, 6) is 2.82. The zero-order chi connectivity index (χ0) is 20.4. The molecule has 0 amide bonds. The molecule has 2 fully saturated rings. The van der Waals surface area contributed by atoms with Crippen LogP contribution < -0.4 is 4.74 Å². The van der Waals surface area contributed by atoms with Crippen molar-refractivity contribution in [2.24, 2.45) is 29.6 Å². The van der Waals surface area contributed by atoms with Gasteiger partial charge in [-0.15, -0.1) is 0 Å². The molecule has 29 heavy (non-hydrogen) atoms. The van der Waals surface area contributed by atoms with Crippen molar-refractivity contribution in [1.29, 1.82) is 0 Å². The zero-order valence-corrected chi connectivity index (χ0v) is 17.9. The number of halogens is 2. The van der Waals surface area contributed by atoms with Gasteiger partial charge >= 0.3 is 0 Å². The Kier molecular flexibility index (Phi) is 6.61. The van der Waals surface area contributed by atoms with Crippen LogP contribution in [0.5, 0.6) is 5.75 Å². The topological polar surface area (TPSA) is 9.23 Å². The Labute approximate surface area is 174 Å². The minimum atomic E-state index is -0.568. The molecule has 1 aromatic carbocycles. The Morgan fingerprint density at radius 2 is 1.76 bits per heavy atom. The molecule has 0 radical (unpaired) electrons. The van der Waals surface area contributed by atoms with Crippen molar-refractivity contribution in [2.45, 2.75) is 77.6 Å². The molecule has 0 bridgehead atoms. The molecule has 0 heterocycles. The van der Waals surface area contributed by atoms with Gasteiger partial charge in [0.15, 0.2) is 17.4 Å². The van der Waals surface area contributed by atoms with Crippen molar-refractivity contribution >= 4 is 0 Å². The van der Waals surface area contributed by atoms with Crippen LogP contribution in [0, 0.1) is 41.2 Å². The highest BCUT2D eigenvalue weighted by Crippen LogP contribution is 2.49. The van der Waals surface area contributed by atoms with E-state index in [0.717, 1.165) is 42.1 Å². The summed E-state index contributed by atoms with van der Waals surface area (Å²) in [5.41, 5.74) is 1.55. The van der Waals surface area contributed by atoms with Gasteiger partial charge in [-0.2, -0.15) is 0 Å². The van der Waals surface area contributed by atoms with Crippen LogP contribution in [-0.4, -0.2) is 6.61 Å². The van der Waals surface area contributed by atoms with E-state index in [1.54, 1.807) is 0 Å². The Morgan fingerprint density at radius 3 is 2.52 bits per heavy atom. The van der Waals surface area contributed by atoms with E-state index in [-0.39, 0.29) is 12.4 Å². The maximum atomic E-state index is 14.8. The summed E-state index contributed by atoms with van der Waals surface area (Å²) in [4.78, 5) is 0. The van der Waals surface area contributed by atoms with Gasteiger partial charge in [0.25, 0.3) is 0 Å². The molecule has 0 spiro atoms. The quantitative estimate of drug-likeness (QED) is 0.455. The number of benzene rings is 1. The van der Waals surface area contributed by atoms with E-state index in [4.69, 9.17) is 4.74 Å². The van der Waals surface area contributed by atoms with Gasteiger partial charge in [0, 0.05) is 0 Å². The van der Waals surface area contributed by atoms with Gasteiger partial charge in [0.1, 0.15) is 6.61 Å². The standard InChI is InChI=1S/C26H36F2O/c1-3-5-17-6-7-19-14-20(9-8-18(19)13-17)21-10-11-23-22(15-21)16-24(27)26(25(23)28)29-12-4-2/h4,16-21H,2-3,5-15H2,1H3. The first-order chi connectivity index (χ1) is 14.1. The SMILES string of the molecule is C=CCOc1c(F)cc2c(c1F)CCC(C1CCC3CC(CCC)CCC3C1)C2. The van der Waals surface area contributed by atoms with E-state index in [1.165, 1.54) is 63.5 Å². The van der Waals surface area contributed by atoms with Crippen LogP contribution in [-0.2, 0) is 12.8 Å². The van der Waals surface area contributed by atoms with E-state index in [0.29, 0.717) is 17.9 Å². The highest BCUT2D eigenvalue weighted by Gasteiger charge is 2.39. The number of hydrogen-bond acceptors (Lipinski definition) is 1. The highest BCUT2D eigenvalue weighted by molar-refractivity contribution is 5.41. The van der Waals surface area contributed by atoms with Gasteiger partial charge in [0.2, 0.25) is 0 Å². The van der Waals surface area contributed by atoms with E-state index in [1.807, 2.05) is 0 Å². The summed E-state index contributed by atoms with van der Waals surface area (Å²) in [5, 5.41) is 0. The van der Waals surface area contributed by atoms with Crippen molar-refractivity contribution in [2.75, 3.05) is 6.61 Å². The summed E-state index contributed by atoms with van der Waals surface area (Å²) >= 11 is 0. The second kappa shape index (κ2) is 9.18. The molecule has 160 valence electrons. The summed E-state index contributed by atoms with van der Waals surface area (Å²) in [7, 11) is 0. The fourth-order valence-electron chi connectivity index (χ4n) is 6.65. The van der Waals surface area contributed by atoms with Crippen molar-refractivity contribution in [3.8, 4) is 5.75 Å². The Hall–Kier alpha value is -1.38. The molecule has 1 aromatic rings. The second-order valence-corrected chi connectivity index (χ2v) is 9.80. The largest absolute Gasteiger partial charge is 0.483 e. The van der Waals surface area contributed by atoms with Gasteiger partial charge < -0.3 is 4.74 Å². The van der Waals surface area contributed by atoms with Crippen LogP contribution in [0.25, 0.3) is 0 Å². The zero-order valence-electron chi connectivity index (χ0n) is 17.9. The monoisotopic (exact) mass is 402 g/mol. The molecule has 2 saturated carbocycles. The first kappa shape index (κ1) is 20.9. The van der Waals surface area contributed by atoms with Crippen LogP contribution >= 0.6 is 0 Å². The molecular formula is C26H36F2O. The van der Waals surface area contributed by atoms with E-state index < -0.39 is 11.6 Å². The molecule has 3 heteroatoms. The molecule has 1 nitrogen and oxygen atoms in total. The fraction of sp³-hybridized carbons (Fsp3) is 0.692. The van der Waals surface area contributed by atoms with Gasteiger partial charge in [-0.05, 0) is 98.1 Å². The minimum absolute atomic E-state index is 0.124. The molecule has 3 aliphatic rings. The lowest BCUT2D eigenvalue weighted by Crippen LogP contribution is -2.35. The summed E-state index contributed by atoms with van der Waals surface area (Å²) < 4.78 is 34.5. The molecule has 0 saturated heterocycles. The molecular weight excluding hydrogens is 366 g/mol. The number of hydrogen-bond donors (Lipinski definition) is 0. The normalized spacial score (nSPS) is 31.6. The Balaban J connectivity index is 1.41. The van der Waals surface area contributed by atoms with Crippen molar-refractivity contribution in [1.82, 2.24) is 0 Å². The van der Waals surface area contributed by atoms with E-state index >= 15 is 0 Å². The molecule has 0 aromatic heterocycles. The lowest BCUT2D eigenvalue weighted by molar-refractivity contribution is 0.0693. The Bertz CT molecular complexity index is 728. The smallest absolute Gasteiger partial charge is 0.191 e. The number of rotatable bonds is 6. The summed E-state index contributed by atoms with van der Waals surface area (Å²) in [6.45, 7) is 5.99. The Morgan fingerprint density at radius 1 is 1.03 bits per heavy atom. The highest BCUT2D eigenvalue weighted by atomic mass is 19.1. The molecule has 5 atom stereocenters. The maximum Gasteiger partial charge on any atom is 0.191 e. The van der Waals surface area contributed by atoms with Gasteiger partial charge in [-0.1, -0.05) is 38.8 Å². The number of ether oxygens (including phenoxy) is 1. The molecule has 0 N–H and O–H groups in total. The third-order valence-electron chi connectivity index (χ3n) is 8.09. The molecule has 5 unspecified atom stereocenters. The van der Waals surface area contributed by atoms with Crippen LogP contribution in [0.2, 0.25) is 0 Å². The average molecular weight is 403 g/mol. The number of fused-ring (bicyclic) bond motifs is 2. The van der Waals surface area contributed by atoms with Crippen LogP contribution in [0.3, 0.4) is 0 Å². The summed E-state index contributed by atoms with van der Waals surface area (Å²) in [6.07, 6.45) is 15.1. The molecule has 4 rings (SSSR count). The van der Waals surface area contributed by atoms with Gasteiger partial charge in [-0.3, -0.25) is 0 Å². The van der Waals surface area contributed by atoms with Gasteiger partial charge in [-0.25, -0.2) is 8.78 Å².